The maximum absolute atomic E-state index is 12.3. The molecule has 1 aliphatic rings. The van der Waals surface area contributed by atoms with E-state index in [1.54, 1.807) is 4.57 Å². The van der Waals surface area contributed by atoms with E-state index in [9.17, 15) is 9.59 Å². The van der Waals surface area contributed by atoms with E-state index in [2.05, 4.69) is 14.6 Å². The molecule has 0 fully saturated rings. The van der Waals surface area contributed by atoms with Crippen LogP contribution in [0.5, 0.6) is 0 Å². The van der Waals surface area contributed by atoms with Crippen LogP contribution in [0.4, 0.5) is 0 Å². The fourth-order valence-corrected chi connectivity index (χ4v) is 3.19. The second-order valence-corrected chi connectivity index (χ2v) is 5.91. The second-order valence-electron chi connectivity index (χ2n) is 4.91. The Kier molecular flexibility index (Phi) is 4.17. The van der Waals surface area contributed by atoms with Gasteiger partial charge in [0.1, 0.15) is 4.53 Å². The van der Waals surface area contributed by atoms with Crippen LogP contribution in [0.15, 0.2) is 40.1 Å². The average molecular weight is 317 g/mol. The Labute approximate surface area is 130 Å². The number of ether oxygens (including phenoxy) is 1. The highest BCUT2D eigenvalue weighted by Gasteiger charge is 2.16. The maximum atomic E-state index is 12.3. The maximum Gasteiger partial charge on any atom is 0.332 e. The fraction of sp³-hybridized carbons (Fsp3) is 0.267. The smallest absolute Gasteiger partial charge is 0.332 e. The molecule has 7 heteroatoms. The SMILES string of the molecule is COC(=O)/C=c1/sc2n(c1=O)CN(Cc1ccccc1)CN=2. The summed E-state index contributed by atoms with van der Waals surface area (Å²) in [6.45, 7) is 1.73. The Balaban J connectivity index is 1.86. The number of aromatic nitrogens is 1. The van der Waals surface area contributed by atoms with Crippen molar-refractivity contribution in [3.05, 3.63) is 55.6 Å². The van der Waals surface area contributed by atoms with Gasteiger partial charge in [-0.3, -0.25) is 14.3 Å². The summed E-state index contributed by atoms with van der Waals surface area (Å²) in [4.78, 5) is 30.7. The number of methoxy groups -OCH3 is 1. The van der Waals surface area contributed by atoms with E-state index < -0.39 is 5.97 Å². The third-order valence-electron chi connectivity index (χ3n) is 3.33. The Morgan fingerprint density at radius 1 is 1.41 bits per heavy atom. The lowest BCUT2D eigenvalue weighted by molar-refractivity contribution is -0.133. The number of fused-ring (bicyclic) bond motifs is 1. The van der Waals surface area contributed by atoms with Crippen molar-refractivity contribution in [2.24, 2.45) is 4.99 Å². The molecular weight excluding hydrogens is 302 g/mol. The third-order valence-corrected chi connectivity index (χ3v) is 4.38. The van der Waals surface area contributed by atoms with E-state index in [0.29, 0.717) is 22.7 Å². The summed E-state index contributed by atoms with van der Waals surface area (Å²) < 4.78 is 6.51. The zero-order chi connectivity index (χ0) is 15.5. The van der Waals surface area contributed by atoms with Crippen molar-refractivity contribution in [2.75, 3.05) is 13.8 Å². The summed E-state index contributed by atoms with van der Waals surface area (Å²) in [5, 5.41) is 0. The molecule has 2 aromatic rings. The fourth-order valence-electron chi connectivity index (χ4n) is 2.26. The first kappa shape index (κ1) is 14.7. The summed E-state index contributed by atoms with van der Waals surface area (Å²) in [6.07, 6.45) is 1.22. The molecule has 6 nitrogen and oxygen atoms in total. The van der Waals surface area contributed by atoms with Crippen LogP contribution >= 0.6 is 11.3 Å². The predicted molar refractivity (Wildman–Crippen MR) is 82.7 cm³/mol. The van der Waals surface area contributed by atoms with Crippen molar-refractivity contribution in [1.82, 2.24) is 9.47 Å². The van der Waals surface area contributed by atoms with Gasteiger partial charge in [-0.05, 0) is 5.56 Å². The molecule has 0 unspecified atom stereocenters. The highest BCUT2D eigenvalue weighted by Crippen LogP contribution is 2.06. The molecule has 1 aromatic carbocycles. The van der Waals surface area contributed by atoms with Crippen molar-refractivity contribution in [2.45, 2.75) is 13.2 Å². The molecule has 2 heterocycles. The molecule has 0 spiro atoms. The van der Waals surface area contributed by atoms with E-state index in [0.717, 1.165) is 6.54 Å². The zero-order valence-electron chi connectivity index (χ0n) is 12.1. The lowest BCUT2D eigenvalue weighted by Crippen LogP contribution is -2.42. The molecule has 114 valence electrons. The molecule has 22 heavy (non-hydrogen) atoms. The van der Waals surface area contributed by atoms with Gasteiger partial charge in [0.15, 0.2) is 4.80 Å². The van der Waals surface area contributed by atoms with E-state index in [-0.39, 0.29) is 5.56 Å². The van der Waals surface area contributed by atoms with Crippen LogP contribution in [0, 0.1) is 0 Å². The third kappa shape index (κ3) is 3.00. The Morgan fingerprint density at radius 3 is 2.91 bits per heavy atom. The molecule has 0 saturated heterocycles. The topological polar surface area (TPSA) is 63.9 Å². The molecule has 0 N–H and O–H groups in total. The number of hydrogen-bond acceptors (Lipinski definition) is 6. The van der Waals surface area contributed by atoms with Gasteiger partial charge >= 0.3 is 5.97 Å². The first-order valence-electron chi connectivity index (χ1n) is 6.77. The Bertz CT molecular complexity index is 854. The minimum Gasteiger partial charge on any atom is -0.466 e. The Morgan fingerprint density at radius 2 is 2.18 bits per heavy atom. The molecule has 3 rings (SSSR count). The van der Waals surface area contributed by atoms with Crippen LogP contribution in [-0.4, -0.2) is 29.2 Å². The second kappa shape index (κ2) is 6.25. The summed E-state index contributed by atoms with van der Waals surface area (Å²) >= 11 is 1.21. The lowest BCUT2D eigenvalue weighted by Gasteiger charge is -2.23. The van der Waals surface area contributed by atoms with Crippen molar-refractivity contribution in [3.63, 3.8) is 0 Å². The first-order valence-corrected chi connectivity index (χ1v) is 7.59. The number of carbonyl (C=O) groups excluding carboxylic acids is 1. The minimum absolute atomic E-state index is 0.202. The molecular formula is C15H15N3O3S. The van der Waals surface area contributed by atoms with E-state index >= 15 is 0 Å². The van der Waals surface area contributed by atoms with Gasteiger partial charge < -0.3 is 4.74 Å². The number of rotatable bonds is 3. The molecule has 0 amide bonds. The van der Waals surface area contributed by atoms with E-state index in [1.807, 2.05) is 30.3 Å². The normalized spacial score (nSPS) is 15.2. The van der Waals surface area contributed by atoms with Gasteiger partial charge in [0.2, 0.25) is 0 Å². The quantitative estimate of drug-likeness (QED) is 0.743. The molecule has 1 aromatic heterocycles. The van der Waals surface area contributed by atoms with Crippen molar-refractivity contribution in [1.29, 1.82) is 0 Å². The molecule has 0 atom stereocenters. The zero-order valence-corrected chi connectivity index (χ0v) is 12.9. The highest BCUT2D eigenvalue weighted by atomic mass is 32.1. The van der Waals surface area contributed by atoms with Crippen LogP contribution in [0.25, 0.3) is 6.08 Å². The lowest BCUT2D eigenvalue weighted by atomic mass is 10.2. The van der Waals surface area contributed by atoms with Crippen LogP contribution in [-0.2, 0) is 22.7 Å². The first-order chi connectivity index (χ1) is 10.7. The van der Waals surface area contributed by atoms with Crippen LogP contribution < -0.4 is 14.9 Å². The number of benzene rings is 1. The average Bonchev–Trinajstić information content (AvgIpc) is 2.84. The van der Waals surface area contributed by atoms with Crippen LogP contribution in [0.3, 0.4) is 0 Å². The monoisotopic (exact) mass is 317 g/mol. The van der Waals surface area contributed by atoms with Gasteiger partial charge in [-0.2, -0.15) is 0 Å². The number of esters is 1. The predicted octanol–water partition coefficient (Wildman–Crippen LogP) is -0.0863. The van der Waals surface area contributed by atoms with E-state index in [4.69, 9.17) is 0 Å². The van der Waals surface area contributed by atoms with Gasteiger partial charge in [0.05, 0.1) is 20.4 Å². The standard InChI is InChI=1S/C15H15N3O3S/c1-21-13(19)7-12-14(20)18-10-17(9-16-15(18)22-12)8-11-5-3-2-4-6-11/h2-7H,8-10H2,1H3/b12-7+. The highest BCUT2D eigenvalue weighted by molar-refractivity contribution is 7.07. The van der Waals surface area contributed by atoms with Gasteiger partial charge in [-0.1, -0.05) is 41.7 Å². The number of carbonyl (C=O) groups is 1. The minimum atomic E-state index is -0.530. The largest absolute Gasteiger partial charge is 0.466 e. The van der Waals surface area contributed by atoms with Crippen LogP contribution in [0.1, 0.15) is 5.56 Å². The summed E-state index contributed by atoms with van der Waals surface area (Å²) in [5.41, 5.74) is 0.970. The molecule has 0 saturated carbocycles. The summed E-state index contributed by atoms with van der Waals surface area (Å²) in [7, 11) is 1.29. The number of hydrogen-bond donors (Lipinski definition) is 0. The number of nitrogens with zero attached hydrogens (tertiary/aromatic N) is 3. The van der Waals surface area contributed by atoms with Gasteiger partial charge in [-0.25, -0.2) is 9.79 Å². The summed E-state index contributed by atoms with van der Waals surface area (Å²) in [6, 6.07) is 10.0. The van der Waals surface area contributed by atoms with Crippen LogP contribution in [0.2, 0.25) is 0 Å². The van der Waals surface area contributed by atoms with Crippen molar-refractivity contribution in [3.8, 4) is 0 Å². The molecule has 1 aliphatic heterocycles. The van der Waals surface area contributed by atoms with Crippen molar-refractivity contribution < 1.29 is 9.53 Å². The number of thiazole rings is 1. The molecule has 0 aliphatic carbocycles. The van der Waals surface area contributed by atoms with Gasteiger partial charge in [0.25, 0.3) is 5.56 Å². The van der Waals surface area contributed by atoms with Crippen molar-refractivity contribution >= 4 is 23.4 Å². The molecule has 0 bridgehead atoms. The Hall–Kier alpha value is -2.25. The van der Waals surface area contributed by atoms with E-state index in [1.165, 1.54) is 30.1 Å². The molecule has 0 radical (unpaired) electrons. The summed E-state index contributed by atoms with van der Waals surface area (Å²) in [5.74, 6) is -0.530. The van der Waals surface area contributed by atoms with Gasteiger partial charge in [0, 0.05) is 12.6 Å². The van der Waals surface area contributed by atoms with Gasteiger partial charge in [-0.15, -0.1) is 0 Å².